The first kappa shape index (κ1) is 12.0. The Labute approximate surface area is 97.9 Å². The maximum atomic E-state index is 11.5. The van der Waals surface area contributed by atoms with E-state index in [2.05, 4.69) is 4.98 Å². The standard InChI is InChI=1S/C8H9N3O4S2/c1-16(12,13)7-8(17(9,14)15)11-5-3-2-4-6(11)10-7/h2-5H,1H3,(H2,9,14,15). The molecule has 0 saturated heterocycles. The number of primary sulfonamides is 1. The monoisotopic (exact) mass is 275 g/mol. The number of sulfone groups is 1. The number of nitrogens with two attached hydrogens (primary N) is 1. The van der Waals surface area contributed by atoms with E-state index in [1.807, 2.05) is 0 Å². The number of sulfonamides is 1. The van der Waals surface area contributed by atoms with E-state index in [0.717, 1.165) is 10.7 Å². The molecule has 7 nitrogen and oxygen atoms in total. The van der Waals surface area contributed by atoms with Crippen molar-refractivity contribution in [2.75, 3.05) is 6.26 Å². The van der Waals surface area contributed by atoms with E-state index in [1.54, 1.807) is 12.1 Å². The van der Waals surface area contributed by atoms with Crippen LogP contribution in [0.5, 0.6) is 0 Å². The second-order valence-corrected chi connectivity index (χ2v) is 6.88. The highest BCUT2D eigenvalue weighted by molar-refractivity contribution is 7.93. The molecule has 0 spiro atoms. The molecule has 17 heavy (non-hydrogen) atoms. The average Bonchev–Trinajstić information content (AvgIpc) is 2.54. The summed E-state index contributed by atoms with van der Waals surface area (Å²) in [7, 11) is -7.95. The molecule has 0 radical (unpaired) electrons. The van der Waals surface area contributed by atoms with Crippen molar-refractivity contribution in [3.63, 3.8) is 0 Å². The zero-order valence-corrected chi connectivity index (χ0v) is 10.4. The van der Waals surface area contributed by atoms with Gasteiger partial charge in [-0.1, -0.05) is 6.07 Å². The lowest BCUT2D eigenvalue weighted by molar-refractivity contribution is 0.579. The quantitative estimate of drug-likeness (QED) is 0.785. The van der Waals surface area contributed by atoms with E-state index >= 15 is 0 Å². The van der Waals surface area contributed by atoms with Crippen LogP contribution >= 0.6 is 0 Å². The molecule has 2 N–H and O–H groups in total. The van der Waals surface area contributed by atoms with Crippen molar-refractivity contribution in [1.29, 1.82) is 0 Å². The van der Waals surface area contributed by atoms with E-state index in [0.29, 0.717) is 0 Å². The molecule has 2 rings (SSSR count). The first-order chi connectivity index (χ1) is 7.71. The van der Waals surface area contributed by atoms with Gasteiger partial charge in [0.25, 0.3) is 10.0 Å². The second-order valence-electron chi connectivity index (χ2n) is 3.47. The zero-order chi connectivity index (χ0) is 12.8. The van der Waals surface area contributed by atoms with Crippen molar-refractivity contribution >= 4 is 25.5 Å². The molecule has 0 aliphatic carbocycles. The number of hydrogen-bond acceptors (Lipinski definition) is 5. The predicted octanol–water partition coefficient (Wildman–Crippen LogP) is -0.615. The van der Waals surface area contributed by atoms with Crippen LogP contribution in [0, 0.1) is 0 Å². The molecule has 0 aliphatic heterocycles. The molecule has 0 saturated carbocycles. The molecule has 2 aromatic heterocycles. The summed E-state index contributed by atoms with van der Waals surface area (Å²) in [6.07, 6.45) is 2.26. The lowest BCUT2D eigenvalue weighted by atomic mass is 10.5. The molecule has 2 heterocycles. The number of aromatic nitrogens is 2. The molecule has 0 unspecified atom stereocenters. The van der Waals surface area contributed by atoms with Crippen LogP contribution < -0.4 is 5.14 Å². The van der Waals surface area contributed by atoms with Crippen molar-refractivity contribution in [3.05, 3.63) is 24.4 Å². The van der Waals surface area contributed by atoms with Gasteiger partial charge in [0.1, 0.15) is 5.65 Å². The zero-order valence-electron chi connectivity index (χ0n) is 8.73. The van der Waals surface area contributed by atoms with Crippen molar-refractivity contribution in [2.24, 2.45) is 5.14 Å². The molecular formula is C8H9N3O4S2. The van der Waals surface area contributed by atoms with Gasteiger partial charge >= 0.3 is 0 Å². The first-order valence-corrected chi connectivity index (χ1v) is 7.85. The van der Waals surface area contributed by atoms with Crippen molar-refractivity contribution in [1.82, 2.24) is 9.38 Å². The molecule has 2 aromatic rings. The Morgan fingerprint density at radius 1 is 1.24 bits per heavy atom. The van der Waals surface area contributed by atoms with Crippen LogP contribution in [-0.4, -0.2) is 32.5 Å². The minimum atomic E-state index is -4.18. The molecule has 0 fully saturated rings. The number of nitrogens with zero attached hydrogens (tertiary/aromatic N) is 2. The van der Waals surface area contributed by atoms with Gasteiger partial charge in [-0.25, -0.2) is 27.0 Å². The molecule has 0 bridgehead atoms. The summed E-state index contributed by atoms with van der Waals surface area (Å²) in [4.78, 5) is 3.77. The molecule has 0 aliphatic rings. The Bertz CT molecular complexity index is 789. The predicted molar refractivity (Wildman–Crippen MR) is 59.7 cm³/mol. The normalized spacial score (nSPS) is 13.1. The molecule has 9 heteroatoms. The van der Waals surface area contributed by atoms with E-state index in [4.69, 9.17) is 5.14 Å². The fraction of sp³-hybridized carbons (Fsp3) is 0.125. The largest absolute Gasteiger partial charge is 0.288 e. The van der Waals surface area contributed by atoms with Crippen LogP contribution in [-0.2, 0) is 19.9 Å². The number of imidazole rings is 1. The molecular weight excluding hydrogens is 266 g/mol. The van der Waals surface area contributed by atoms with E-state index < -0.39 is 29.9 Å². The summed E-state index contributed by atoms with van der Waals surface area (Å²) in [6, 6.07) is 4.65. The Morgan fingerprint density at radius 3 is 2.41 bits per heavy atom. The van der Waals surface area contributed by atoms with Gasteiger partial charge in [-0.05, 0) is 12.1 Å². The van der Waals surface area contributed by atoms with Crippen molar-refractivity contribution < 1.29 is 16.8 Å². The average molecular weight is 275 g/mol. The van der Waals surface area contributed by atoms with Crippen LogP contribution in [0.4, 0.5) is 0 Å². The maximum Gasteiger partial charge on any atom is 0.257 e. The van der Waals surface area contributed by atoms with Gasteiger partial charge in [-0.3, -0.25) is 4.40 Å². The summed E-state index contributed by atoms with van der Waals surface area (Å²) >= 11 is 0. The van der Waals surface area contributed by atoms with E-state index in [-0.39, 0.29) is 5.65 Å². The van der Waals surface area contributed by atoms with Gasteiger partial charge in [-0.2, -0.15) is 0 Å². The van der Waals surface area contributed by atoms with Gasteiger partial charge in [-0.15, -0.1) is 0 Å². The van der Waals surface area contributed by atoms with Gasteiger partial charge in [0.15, 0.2) is 19.9 Å². The Hall–Kier alpha value is -1.45. The highest BCUT2D eigenvalue weighted by Gasteiger charge is 2.27. The third kappa shape index (κ3) is 2.04. The van der Waals surface area contributed by atoms with Crippen LogP contribution in [0.2, 0.25) is 0 Å². The highest BCUT2D eigenvalue weighted by atomic mass is 32.2. The Kier molecular flexibility index (Phi) is 2.49. The lowest BCUT2D eigenvalue weighted by Gasteiger charge is -2.00. The SMILES string of the molecule is CS(=O)(=O)c1nc2ccccn2c1S(N)(=O)=O. The van der Waals surface area contributed by atoms with Gasteiger partial charge in [0, 0.05) is 12.5 Å². The summed E-state index contributed by atoms with van der Waals surface area (Å²) in [6.45, 7) is 0. The van der Waals surface area contributed by atoms with Gasteiger partial charge in [0.2, 0.25) is 0 Å². The van der Waals surface area contributed by atoms with Crippen LogP contribution in [0.15, 0.2) is 34.4 Å². The maximum absolute atomic E-state index is 11.5. The van der Waals surface area contributed by atoms with Crippen LogP contribution in [0.25, 0.3) is 5.65 Å². The number of rotatable bonds is 2. The Balaban J connectivity index is 3.05. The molecule has 0 atom stereocenters. The third-order valence-corrected chi connectivity index (χ3v) is 4.12. The second kappa shape index (κ2) is 3.52. The number of fused-ring (bicyclic) bond motifs is 1. The highest BCUT2D eigenvalue weighted by Crippen LogP contribution is 2.20. The fourth-order valence-corrected chi connectivity index (χ4v) is 3.65. The Morgan fingerprint density at radius 2 is 1.88 bits per heavy atom. The van der Waals surface area contributed by atoms with Crippen molar-refractivity contribution in [3.8, 4) is 0 Å². The molecule has 92 valence electrons. The van der Waals surface area contributed by atoms with E-state index in [1.165, 1.54) is 12.3 Å². The topological polar surface area (TPSA) is 112 Å². The minimum Gasteiger partial charge on any atom is -0.288 e. The fourth-order valence-electron chi connectivity index (χ4n) is 1.45. The molecule has 0 amide bonds. The van der Waals surface area contributed by atoms with Gasteiger partial charge < -0.3 is 0 Å². The number of pyridine rings is 1. The van der Waals surface area contributed by atoms with Crippen LogP contribution in [0.3, 0.4) is 0 Å². The third-order valence-electron chi connectivity index (χ3n) is 2.08. The van der Waals surface area contributed by atoms with E-state index in [9.17, 15) is 16.8 Å². The number of hydrogen-bond donors (Lipinski definition) is 1. The summed E-state index contributed by atoms with van der Waals surface area (Å²) in [5.41, 5.74) is 0.206. The first-order valence-electron chi connectivity index (χ1n) is 4.41. The summed E-state index contributed by atoms with van der Waals surface area (Å²) < 4.78 is 46.9. The van der Waals surface area contributed by atoms with Crippen molar-refractivity contribution in [2.45, 2.75) is 10.1 Å². The summed E-state index contributed by atoms with van der Waals surface area (Å²) in [5.74, 6) is 0. The minimum absolute atomic E-state index is 0.206. The molecule has 0 aromatic carbocycles. The smallest absolute Gasteiger partial charge is 0.257 e. The summed E-state index contributed by atoms with van der Waals surface area (Å²) in [5, 5.41) is 3.96. The lowest BCUT2D eigenvalue weighted by Crippen LogP contribution is -2.18. The van der Waals surface area contributed by atoms with Gasteiger partial charge in [0.05, 0.1) is 0 Å². The van der Waals surface area contributed by atoms with Crippen LogP contribution in [0.1, 0.15) is 0 Å².